The van der Waals surface area contributed by atoms with E-state index in [1.165, 1.54) is 18.2 Å². The van der Waals surface area contributed by atoms with Crippen LogP contribution in [0.4, 0.5) is 8.78 Å². The number of halogens is 4. The molecule has 0 aromatic heterocycles. The molecule has 1 aromatic carbocycles. The quantitative estimate of drug-likeness (QED) is 0.601. The molecule has 0 unspecified atom stereocenters. The van der Waals surface area contributed by atoms with Crippen molar-refractivity contribution < 1.29 is 13.6 Å². The van der Waals surface area contributed by atoms with Crippen LogP contribution in [-0.2, 0) is 0 Å². The highest BCUT2D eigenvalue weighted by Crippen LogP contribution is 2.28. The van der Waals surface area contributed by atoms with Crippen LogP contribution in [0.25, 0.3) is 0 Å². The topological polar surface area (TPSA) is 17.1 Å². The smallest absolute Gasteiger partial charge is 0.264 e. The molecule has 0 aliphatic rings. The van der Waals surface area contributed by atoms with E-state index in [1.54, 1.807) is 0 Å². The summed E-state index contributed by atoms with van der Waals surface area (Å²) < 4.78 is 25.3. The number of rotatable bonds is 4. The highest BCUT2D eigenvalue weighted by atomic mass is 79.9. The second-order valence-corrected chi connectivity index (χ2v) is 4.13. The van der Waals surface area contributed by atoms with E-state index in [9.17, 15) is 13.6 Å². The summed E-state index contributed by atoms with van der Waals surface area (Å²) in [5.41, 5.74) is 0.101. The van der Waals surface area contributed by atoms with Crippen molar-refractivity contribution in [1.29, 1.82) is 0 Å². The standard InChI is InChI=1S/C10H8BrClF2O/c11-8-2-1-6(9(15)3-4-12)5-7(8)10(13)14/h1-2,5,10H,3-4H2. The third-order valence-electron chi connectivity index (χ3n) is 1.87. The van der Waals surface area contributed by atoms with Crippen LogP contribution in [0.2, 0.25) is 0 Å². The number of alkyl halides is 3. The maximum Gasteiger partial charge on any atom is 0.264 e. The lowest BCUT2D eigenvalue weighted by atomic mass is 10.1. The van der Waals surface area contributed by atoms with Crippen LogP contribution in [-0.4, -0.2) is 11.7 Å². The Hall–Kier alpha value is -0.480. The van der Waals surface area contributed by atoms with Gasteiger partial charge in [0.15, 0.2) is 5.78 Å². The molecular weight excluding hydrogens is 289 g/mol. The van der Waals surface area contributed by atoms with Crippen molar-refractivity contribution in [3.05, 3.63) is 33.8 Å². The molecule has 15 heavy (non-hydrogen) atoms. The molecule has 0 heterocycles. The highest BCUT2D eigenvalue weighted by molar-refractivity contribution is 9.10. The second-order valence-electron chi connectivity index (χ2n) is 2.90. The third-order valence-corrected chi connectivity index (χ3v) is 2.79. The van der Waals surface area contributed by atoms with Gasteiger partial charge in [-0.2, -0.15) is 0 Å². The van der Waals surface area contributed by atoms with Gasteiger partial charge in [-0.15, -0.1) is 11.6 Å². The predicted molar refractivity (Wildman–Crippen MR) is 58.8 cm³/mol. The summed E-state index contributed by atoms with van der Waals surface area (Å²) in [6.45, 7) is 0. The van der Waals surface area contributed by atoms with E-state index in [0.29, 0.717) is 4.47 Å². The lowest BCUT2D eigenvalue weighted by molar-refractivity contribution is 0.0988. The van der Waals surface area contributed by atoms with Crippen LogP contribution in [0.1, 0.15) is 28.8 Å². The molecule has 0 bridgehead atoms. The summed E-state index contributed by atoms with van der Waals surface area (Å²) in [6.07, 6.45) is -2.44. The first-order chi connectivity index (χ1) is 7.06. The number of hydrogen-bond acceptors (Lipinski definition) is 1. The summed E-state index contributed by atoms with van der Waals surface area (Å²) in [5, 5.41) is 0. The number of benzene rings is 1. The van der Waals surface area contributed by atoms with Crippen LogP contribution in [0, 0.1) is 0 Å². The van der Waals surface area contributed by atoms with Gasteiger partial charge in [-0.1, -0.05) is 22.0 Å². The van der Waals surface area contributed by atoms with Crippen LogP contribution < -0.4 is 0 Å². The molecule has 82 valence electrons. The van der Waals surface area contributed by atoms with Gasteiger partial charge in [0.05, 0.1) is 0 Å². The normalized spacial score (nSPS) is 10.7. The van der Waals surface area contributed by atoms with Crippen LogP contribution in [0.5, 0.6) is 0 Å². The number of carbonyl (C=O) groups is 1. The van der Waals surface area contributed by atoms with Gasteiger partial charge < -0.3 is 0 Å². The monoisotopic (exact) mass is 296 g/mol. The molecule has 0 saturated heterocycles. The molecule has 0 aliphatic heterocycles. The van der Waals surface area contributed by atoms with Crippen molar-refractivity contribution in [3.63, 3.8) is 0 Å². The van der Waals surface area contributed by atoms with Gasteiger partial charge in [0.25, 0.3) is 6.43 Å². The lowest BCUT2D eigenvalue weighted by Gasteiger charge is -2.05. The number of hydrogen-bond donors (Lipinski definition) is 0. The first-order valence-corrected chi connectivity index (χ1v) is 5.55. The van der Waals surface area contributed by atoms with Gasteiger partial charge in [0.1, 0.15) is 0 Å². The van der Waals surface area contributed by atoms with Crippen LogP contribution >= 0.6 is 27.5 Å². The van der Waals surface area contributed by atoms with E-state index in [1.807, 2.05) is 0 Å². The van der Waals surface area contributed by atoms with E-state index in [2.05, 4.69) is 15.9 Å². The average Bonchev–Trinajstić information content (AvgIpc) is 2.18. The largest absolute Gasteiger partial charge is 0.294 e. The Bertz CT molecular complexity index is 368. The maximum absolute atomic E-state index is 12.5. The Balaban J connectivity index is 3.02. The summed E-state index contributed by atoms with van der Waals surface area (Å²) in [7, 11) is 0. The second kappa shape index (κ2) is 5.56. The lowest BCUT2D eigenvalue weighted by Crippen LogP contribution is -2.01. The zero-order chi connectivity index (χ0) is 11.4. The summed E-state index contributed by atoms with van der Waals surface area (Å²) in [4.78, 5) is 11.4. The maximum atomic E-state index is 12.5. The van der Waals surface area contributed by atoms with E-state index in [0.717, 1.165) is 0 Å². The van der Waals surface area contributed by atoms with Gasteiger partial charge in [0, 0.05) is 27.9 Å². The van der Waals surface area contributed by atoms with Crippen molar-refractivity contribution in [1.82, 2.24) is 0 Å². The Morgan fingerprint density at radius 1 is 1.47 bits per heavy atom. The zero-order valence-electron chi connectivity index (χ0n) is 7.64. The molecular formula is C10H8BrClF2O. The van der Waals surface area contributed by atoms with Gasteiger partial charge in [-0.3, -0.25) is 4.79 Å². The van der Waals surface area contributed by atoms with Gasteiger partial charge >= 0.3 is 0 Å². The minimum Gasteiger partial charge on any atom is -0.294 e. The fourth-order valence-electron chi connectivity index (χ4n) is 1.11. The molecule has 0 N–H and O–H groups in total. The number of ketones is 1. The molecule has 0 radical (unpaired) electrons. The fraction of sp³-hybridized carbons (Fsp3) is 0.300. The molecule has 0 fully saturated rings. The summed E-state index contributed by atoms with van der Waals surface area (Å²) >= 11 is 8.40. The molecule has 1 nitrogen and oxygen atoms in total. The molecule has 0 aliphatic carbocycles. The molecule has 0 saturated carbocycles. The number of carbonyl (C=O) groups excluding carboxylic acids is 1. The van der Waals surface area contributed by atoms with Crippen molar-refractivity contribution in [2.45, 2.75) is 12.8 Å². The fourth-order valence-corrected chi connectivity index (χ4v) is 1.71. The molecule has 5 heteroatoms. The Labute approximate surface area is 99.6 Å². The van der Waals surface area contributed by atoms with E-state index in [-0.39, 0.29) is 29.2 Å². The van der Waals surface area contributed by atoms with Crippen molar-refractivity contribution in [2.24, 2.45) is 0 Å². The summed E-state index contributed by atoms with van der Waals surface area (Å²) in [5.74, 6) is -0.0294. The van der Waals surface area contributed by atoms with Gasteiger partial charge in [-0.05, 0) is 12.1 Å². The Morgan fingerprint density at radius 3 is 2.67 bits per heavy atom. The first kappa shape index (κ1) is 12.6. The van der Waals surface area contributed by atoms with Crippen LogP contribution in [0.15, 0.2) is 22.7 Å². The Kier molecular flexibility index (Phi) is 4.67. The molecule has 1 rings (SSSR count). The van der Waals surface area contributed by atoms with Crippen molar-refractivity contribution in [2.75, 3.05) is 5.88 Å². The van der Waals surface area contributed by atoms with Crippen molar-refractivity contribution >= 4 is 33.3 Å². The zero-order valence-corrected chi connectivity index (χ0v) is 9.99. The van der Waals surface area contributed by atoms with E-state index in [4.69, 9.17) is 11.6 Å². The van der Waals surface area contributed by atoms with Gasteiger partial charge in [-0.25, -0.2) is 8.78 Å². The van der Waals surface area contributed by atoms with Crippen molar-refractivity contribution in [3.8, 4) is 0 Å². The minimum absolute atomic E-state index is 0.159. The summed E-state index contributed by atoms with van der Waals surface area (Å²) in [6, 6.07) is 4.15. The first-order valence-electron chi connectivity index (χ1n) is 4.23. The molecule has 1 aromatic rings. The third kappa shape index (κ3) is 3.24. The minimum atomic E-state index is -2.59. The number of Topliss-reactive ketones (excluding diaryl/α,β-unsaturated/α-hetero) is 1. The molecule has 0 amide bonds. The SMILES string of the molecule is O=C(CCCl)c1ccc(Br)c(C(F)F)c1. The molecule has 0 atom stereocenters. The van der Waals surface area contributed by atoms with Crippen LogP contribution in [0.3, 0.4) is 0 Å². The Morgan fingerprint density at radius 2 is 2.13 bits per heavy atom. The predicted octanol–water partition coefficient (Wildman–Crippen LogP) is 4.20. The highest BCUT2D eigenvalue weighted by Gasteiger charge is 2.14. The van der Waals surface area contributed by atoms with E-state index >= 15 is 0 Å². The van der Waals surface area contributed by atoms with Gasteiger partial charge in [0.2, 0.25) is 0 Å². The molecule has 0 spiro atoms. The average molecular weight is 298 g/mol. The van der Waals surface area contributed by atoms with E-state index < -0.39 is 6.43 Å².